The summed E-state index contributed by atoms with van der Waals surface area (Å²) in [5.74, 6) is 0.276. The van der Waals surface area contributed by atoms with Crippen molar-refractivity contribution in [3.05, 3.63) is 83.4 Å². The third-order valence-corrected chi connectivity index (χ3v) is 4.85. The lowest BCUT2D eigenvalue weighted by molar-refractivity contribution is 0.0939. The number of halogens is 1. The zero-order valence-electron chi connectivity index (χ0n) is 15.1. The number of fused-ring (bicyclic) bond motifs is 3. The molecule has 1 aromatic heterocycles. The van der Waals surface area contributed by atoms with Crippen LogP contribution in [0, 0.1) is 5.82 Å². The van der Waals surface area contributed by atoms with Gasteiger partial charge in [0.25, 0.3) is 5.91 Å². The van der Waals surface area contributed by atoms with E-state index < -0.39 is 0 Å². The highest BCUT2D eigenvalue weighted by atomic mass is 19.1. The predicted octanol–water partition coefficient (Wildman–Crippen LogP) is 4.83. The van der Waals surface area contributed by atoms with Gasteiger partial charge >= 0.3 is 0 Å². The monoisotopic (exact) mass is 362 g/mol. The van der Waals surface area contributed by atoms with Crippen molar-refractivity contribution in [2.45, 2.75) is 26.0 Å². The smallest absolute Gasteiger partial charge is 0.251 e. The highest BCUT2D eigenvalue weighted by Gasteiger charge is 2.24. The third-order valence-electron chi connectivity index (χ3n) is 4.85. The molecule has 5 heteroatoms. The van der Waals surface area contributed by atoms with E-state index in [0.29, 0.717) is 5.56 Å². The van der Waals surface area contributed by atoms with Crippen molar-refractivity contribution in [1.82, 2.24) is 10.3 Å². The van der Waals surface area contributed by atoms with Crippen LogP contribution in [-0.2, 0) is 0 Å². The van der Waals surface area contributed by atoms with Crippen molar-refractivity contribution in [1.29, 1.82) is 0 Å². The zero-order chi connectivity index (χ0) is 19.0. The van der Waals surface area contributed by atoms with Crippen molar-refractivity contribution in [2.75, 3.05) is 0 Å². The van der Waals surface area contributed by atoms with Crippen LogP contribution < -0.4 is 10.1 Å². The first kappa shape index (κ1) is 17.2. The van der Waals surface area contributed by atoms with Gasteiger partial charge in [0.15, 0.2) is 0 Å². The number of ether oxygens (including phenoxy) is 1. The molecular weight excluding hydrogens is 343 g/mol. The number of hydrogen-bond donors (Lipinski definition) is 1. The molecule has 2 atom stereocenters. The number of benzene rings is 2. The van der Waals surface area contributed by atoms with E-state index in [9.17, 15) is 9.18 Å². The highest BCUT2D eigenvalue weighted by molar-refractivity contribution is 5.95. The topological polar surface area (TPSA) is 51.2 Å². The molecule has 1 amide bonds. The van der Waals surface area contributed by atoms with Gasteiger partial charge in [0.1, 0.15) is 17.7 Å². The summed E-state index contributed by atoms with van der Waals surface area (Å²) < 4.78 is 19.0. The molecule has 27 heavy (non-hydrogen) atoms. The fourth-order valence-electron chi connectivity index (χ4n) is 3.35. The largest absolute Gasteiger partial charge is 0.484 e. The van der Waals surface area contributed by atoms with E-state index in [0.717, 1.165) is 28.0 Å². The molecule has 0 saturated carbocycles. The van der Waals surface area contributed by atoms with Gasteiger partial charge in [-0.25, -0.2) is 4.39 Å². The van der Waals surface area contributed by atoms with Crippen molar-refractivity contribution in [3.63, 3.8) is 0 Å². The van der Waals surface area contributed by atoms with E-state index in [2.05, 4.69) is 10.3 Å². The maximum atomic E-state index is 13.1. The first-order chi connectivity index (χ1) is 13.0. The fraction of sp³-hybridized carbons (Fsp3) is 0.182. The Bertz CT molecular complexity index is 1000. The Kier molecular flexibility index (Phi) is 4.36. The molecular formula is C22H19FN2O2. The number of carbonyl (C=O) groups is 1. The number of amides is 1. The normalized spacial score (nSPS) is 15.9. The second-order valence-electron chi connectivity index (χ2n) is 6.68. The molecule has 1 N–H and O–H groups in total. The van der Waals surface area contributed by atoms with Crippen LogP contribution in [0.25, 0.3) is 11.1 Å². The van der Waals surface area contributed by atoms with Gasteiger partial charge in [-0.05, 0) is 55.3 Å². The van der Waals surface area contributed by atoms with E-state index in [1.165, 1.54) is 12.1 Å². The number of rotatable bonds is 3. The lowest BCUT2D eigenvalue weighted by Crippen LogP contribution is -2.27. The predicted molar refractivity (Wildman–Crippen MR) is 101 cm³/mol. The molecule has 4 nitrogen and oxygen atoms in total. The standard InChI is InChI=1S/C22H19FN2O2/c1-13(15-3-6-17(23)7-4-15)25-22(26)16-5-8-18-19-9-10-24-12-21(19)27-14(2)20(18)11-16/h3-14H,1-2H3,(H,25,26)/t13-,14?/m1/s1. The molecule has 0 saturated heterocycles. The molecule has 2 heterocycles. The fourth-order valence-corrected chi connectivity index (χ4v) is 3.35. The van der Waals surface area contributed by atoms with Gasteiger partial charge in [0, 0.05) is 22.9 Å². The van der Waals surface area contributed by atoms with Crippen LogP contribution >= 0.6 is 0 Å². The van der Waals surface area contributed by atoms with E-state index in [1.54, 1.807) is 24.5 Å². The first-order valence-electron chi connectivity index (χ1n) is 8.84. The minimum atomic E-state index is -0.295. The lowest BCUT2D eigenvalue weighted by Gasteiger charge is -2.26. The SMILES string of the molecule is CC1Oc2cnccc2-c2ccc(C(=O)N[C@H](C)c3ccc(F)cc3)cc21. The van der Waals surface area contributed by atoms with Crippen molar-refractivity contribution >= 4 is 5.91 Å². The van der Waals surface area contributed by atoms with Gasteiger partial charge in [-0.1, -0.05) is 18.2 Å². The average Bonchev–Trinajstić information content (AvgIpc) is 2.68. The summed E-state index contributed by atoms with van der Waals surface area (Å²) in [7, 11) is 0. The van der Waals surface area contributed by atoms with E-state index in [1.807, 2.05) is 38.1 Å². The molecule has 0 aliphatic carbocycles. The van der Waals surface area contributed by atoms with Crippen molar-refractivity contribution in [2.24, 2.45) is 0 Å². The second-order valence-corrected chi connectivity index (χ2v) is 6.68. The average molecular weight is 362 g/mol. The first-order valence-corrected chi connectivity index (χ1v) is 8.84. The van der Waals surface area contributed by atoms with Gasteiger partial charge < -0.3 is 10.1 Å². The number of carbonyl (C=O) groups excluding carboxylic acids is 1. The Hall–Kier alpha value is -3.21. The molecule has 1 unspecified atom stereocenters. The van der Waals surface area contributed by atoms with Crippen LogP contribution in [0.15, 0.2) is 60.9 Å². The number of hydrogen-bond acceptors (Lipinski definition) is 3. The number of pyridine rings is 1. The Morgan fingerprint density at radius 3 is 2.70 bits per heavy atom. The minimum Gasteiger partial charge on any atom is -0.484 e. The molecule has 1 aliphatic rings. The molecule has 0 bridgehead atoms. The summed E-state index contributed by atoms with van der Waals surface area (Å²) in [6.07, 6.45) is 3.27. The zero-order valence-corrected chi connectivity index (χ0v) is 15.1. The molecule has 0 fully saturated rings. The van der Waals surface area contributed by atoms with Gasteiger partial charge in [-0.2, -0.15) is 0 Å². The molecule has 0 spiro atoms. The van der Waals surface area contributed by atoms with E-state index in [-0.39, 0.29) is 23.9 Å². The van der Waals surface area contributed by atoms with Crippen LogP contribution in [-0.4, -0.2) is 10.9 Å². The Labute approximate surface area is 157 Å². The molecule has 2 aromatic carbocycles. The maximum Gasteiger partial charge on any atom is 0.251 e. The van der Waals surface area contributed by atoms with Gasteiger partial charge in [0.2, 0.25) is 0 Å². The summed E-state index contributed by atoms with van der Waals surface area (Å²) in [5, 5.41) is 2.96. The summed E-state index contributed by atoms with van der Waals surface area (Å²) >= 11 is 0. The van der Waals surface area contributed by atoms with Gasteiger partial charge in [0.05, 0.1) is 12.2 Å². The van der Waals surface area contributed by atoms with Crippen molar-refractivity contribution in [3.8, 4) is 16.9 Å². The summed E-state index contributed by atoms with van der Waals surface area (Å²) in [5.41, 5.74) is 4.41. The number of nitrogens with zero attached hydrogens (tertiary/aromatic N) is 1. The highest BCUT2D eigenvalue weighted by Crippen LogP contribution is 2.41. The quantitative estimate of drug-likeness (QED) is 0.726. The molecule has 1 aliphatic heterocycles. The van der Waals surface area contributed by atoms with Crippen LogP contribution in [0.5, 0.6) is 5.75 Å². The van der Waals surface area contributed by atoms with Gasteiger partial charge in [-0.15, -0.1) is 0 Å². The Morgan fingerprint density at radius 1 is 1.15 bits per heavy atom. The van der Waals surface area contributed by atoms with Crippen molar-refractivity contribution < 1.29 is 13.9 Å². The van der Waals surface area contributed by atoms with E-state index in [4.69, 9.17) is 4.74 Å². The molecule has 136 valence electrons. The number of aromatic nitrogens is 1. The Balaban J connectivity index is 1.59. The lowest BCUT2D eigenvalue weighted by atomic mass is 9.92. The molecule has 3 aromatic rings. The van der Waals surface area contributed by atoms with E-state index >= 15 is 0 Å². The summed E-state index contributed by atoms with van der Waals surface area (Å²) in [4.78, 5) is 16.8. The van der Waals surface area contributed by atoms with Gasteiger partial charge in [-0.3, -0.25) is 9.78 Å². The van der Waals surface area contributed by atoms with Crippen LogP contribution in [0.4, 0.5) is 4.39 Å². The summed E-state index contributed by atoms with van der Waals surface area (Å²) in [6, 6.07) is 13.5. The van der Waals surface area contributed by atoms with Crippen LogP contribution in [0.3, 0.4) is 0 Å². The Morgan fingerprint density at radius 2 is 1.93 bits per heavy atom. The third kappa shape index (κ3) is 3.28. The second kappa shape index (κ2) is 6.83. The summed E-state index contributed by atoms with van der Waals surface area (Å²) in [6.45, 7) is 3.83. The molecule has 4 rings (SSSR count). The molecule has 0 radical (unpaired) electrons. The number of nitrogens with one attached hydrogen (secondary N) is 1. The van der Waals surface area contributed by atoms with Crippen LogP contribution in [0.2, 0.25) is 0 Å². The minimum absolute atomic E-state index is 0.168. The maximum absolute atomic E-state index is 13.1. The van der Waals surface area contributed by atoms with Crippen LogP contribution in [0.1, 0.15) is 47.5 Å².